The number of ether oxygens (including phenoxy) is 3. The van der Waals surface area contributed by atoms with Crippen LogP contribution in [0.1, 0.15) is 13.8 Å². The summed E-state index contributed by atoms with van der Waals surface area (Å²) in [5.41, 5.74) is 0.192. The van der Waals surface area contributed by atoms with E-state index in [1.807, 2.05) is 0 Å². The summed E-state index contributed by atoms with van der Waals surface area (Å²) in [6.07, 6.45) is 0.103. The van der Waals surface area contributed by atoms with E-state index in [0.717, 1.165) is 6.08 Å². The second-order valence-corrected chi connectivity index (χ2v) is 3.44. The van der Waals surface area contributed by atoms with Gasteiger partial charge in [-0.1, -0.05) is 13.2 Å². The Bertz CT molecular complexity index is 358. The molecule has 0 heterocycles. The number of hydrogen-bond acceptors (Lipinski definition) is 6. The van der Waals surface area contributed by atoms with Crippen LogP contribution in [-0.2, 0) is 28.6 Å². The van der Waals surface area contributed by atoms with E-state index < -0.39 is 24.0 Å². The summed E-state index contributed by atoms with van der Waals surface area (Å²) in [6.45, 7) is 8.90. The van der Waals surface area contributed by atoms with Crippen LogP contribution in [0.3, 0.4) is 0 Å². The van der Waals surface area contributed by atoms with Crippen molar-refractivity contribution in [2.24, 2.45) is 0 Å². The molecule has 0 rings (SSSR count). The molecule has 0 saturated heterocycles. The molecule has 0 saturated carbocycles. The van der Waals surface area contributed by atoms with Crippen molar-refractivity contribution in [2.45, 2.75) is 20.0 Å². The molecule has 0 spiro atoms. The normalized spacial score (nSPS) is 11.0. The molecule has 18 heavy (non-hydrogen) atoms. The Hall–Kier alpha value is -2.11. The predicted molar refractivity (Wildman–Crippen MR) is 62.5 cm³/mol. The molecular formula is C12H16O6. The molecule has 0 aromatic rings. The van der Waals surface area contributed by atoms with Crippen molar-refractivity contribution in [3.8, 4) is 0 Å². The summed E-state index contributed by atoms with van der Waals surface area (Å²) in [4.78, 5) is 32.8. The third-order valence-corrected chi connectivity index (χ3v) is 1.67. The highest BCUT2D eigenvalue weighted by Crippen LogP contribution is 2.01. The van der Waals surface area contributed by atoms with E-state index in [0.29, 0.717) is 0 Å². The van der Waals surface area contributed by atoms with Crippen molar-refractivity contribution in [3.63, 3.8) is 0 Å². The summed E-state index contributed by atoms with van der Waals surface area (Å²) in [7, 11) is 0. The predicted octanol–water partition coefficient (Wildman–Crippen LogP) is 0.767. The molecule has 6 nitrogen and oxygen atoms in total. The Kier molecular flexibility index (Phi) is 7.11. The first-order chi connectivity index (χ1) is 8.36. The SMILES string of the molecule is C=CC(=O)OCC(COC(C)=O)OC(=O)C(=C)C. The fraction of sp³-hybridized carbons (Fsp3) is 0.417. The lowest BCUT2D eigenvalue weighted by atomic mass is 10.3. The number of carbonyl (C=O) groups excluding carboxylic acids is 3. The van der Waals surface area contributed by atoms with Gasteiger partial charge in [0.05, 0.1) is 0 Å². The summed E-state index contributed by atoms with van der Waals surface area (Å²) < 4.78 is 14.3. The molecule has 0 fully saturated rings. The van der Waals surface area contributed by atoms with Gasteiger partial charge in [-0.2, -0.15) is 0 Å². The molecule has 0 radical (unpaired) electrons. The third kappa shape index (κ3) is 7.21. The van der Waals surface area contributed by atoms with Crippen LogP contribution in [0.15, 0.2) is 24.8 Å². The first kappa shape index (κ1) is 15.9. The molecule has 6 heteroatoms. The van der Waals surface area contributed by atoms with Gasteiger partial charge in [-0.15, -0.1) is 0 Å². The average molecular weight is 256 g/mol. The van der Waals surface area contributed by atoms with E-state index in [2.05, 4.69) is 17.9 Å². The molecule has 0 aromatic heterocycles. The number of esters is 3. The fourth-order valence-corrected chi connectivity index (χ4v) is 0.812. The lowest BCUT2D eigenvalue weighted by molar-refractivity contribution is -0.161. The van der Waals surface area contributed by atoms with Crippen molar-refractivity contribution >= 4 is 17.9 Å². The standard InChI is InChI=1S/C12H16O6/c1-5-11(14)17-7-10(6-16-9(4)13)18-12(15)8(2)3/h5,10H,1-2,6-7H2,3-4H3. The zero-order valence-electron chi connectivity index (χ0n) is 10.4. The molecule has 1 atom stereocenters. The van der Waals surface area contributed by atoms with E-state index in [9.17, 15) is 14.4 Å². The van der Waals surface area contributed by atoms with E-state index in [1.54, 1.807) is 0 Å². The molecule has 0 aliphatic carbocycles. The van der Waals surface area contributed by atoms with Crippen LogP contribution in [0.4, 0.5) is 0 Å². The maximum atomic E-state index is 11.3. The van der Waals surface area contributed by atoms with Crippen LogP contribution in [-0.4, -0.2) is 37.2 Å². The van der Waals surface area contributed by atoms with Gasteiger partial charge in [-0.05, 0) is 6.92 Å². The first-order valence-electron chi connectivity index (χ1n) is 5.15. The number of hydrogen-bond donors (Lipinski definition) is 0. The first-order valence-corrected chi connectivity index (χ1v) is 5.15. The highest BCUT2D eigenvalue weighted by atomic mass is 16.6. The monoisotopic (exact) mass is 256 g/mol. The Morgan fingerprint density at radius 3 is 2.17 bits per heavy atom. The summed E-state index contributed by atoms with van der Waals surface area (Å²) in [6, 6.07) is 0. The Morgan fingerprint density at radius 1 is 1.17 bits per heavy atom. The van der Waals surface area contributed by atoms with Gasteiger partial charge in [0.2, 0.25) is 0 Å². The second-order valence-electron chi connectivity index (χ2n) is 3.44. The van der Waals surface area contributed by atoms with Gasteiger partial charge in [0.15, 0.2) is 6.10 Å². The quantitative estimate of drug-likeness (QED) is 0.380. The minimum Gasteiger partial charge on any atom is -0.462 e. The van der Waals surface area contributed by atoms with Crippen molar-refractivity contribution in [2.75, 3.05) is 13.2 Å². The van der Waals surface area contributed by atoms with Crippen molar-refractivity contribution in [3.05, 3.63) is 24.8 Å². The minimum absolute atomic E-state index is 0.192. The fourth-order valence-electron chi connectivity index (χ4n) is 0.812. The topological polar surface area (TPSA) is 78.9 Å². The van der Waals surface area contributed by atoms with Gasteiger partial charge < -0.3 is 14.2 Å². The van der Waals surface area contributed by atoms with Crippen LogP contribution in [0.5, 0.6) is 0 Å². The zero-order chi connectivity index (χ0) is 14.1. The highest BCUT2D eigenvalue weighted by Gasteiger charge is 2.18. The van der Waals surface area contributed by atoms with Crippen molar-refractivity contribution in [1.82, 2.24) is 0 Å². The van der Waals surface area contributed by atoms with Crippen molar-refractivity contribution < 1.29 is 28.6 Å². The maximum Gasteiger partial charge on any atom is 0.333 e. The van der Waals surface area contributed by atoms with Crippen molar-refractivity contribution in [1.29, 1.82) is 0 Å². The van der Waals surface area contributed by atoms with Crippen LogP contribution in [0.2, 0.25) is 0 Å². The Morgan fingerprint density at radius 2 is 1.72 bits per heavy atom. The van der Waals surface area contributed by atoms with Crippen LogP contribution in [0, 0.1) is 0 Å². The van der Waals surface area contributed by atoms with Gasteiger partial charge in [-0.3, -0.25) is 4.79 Å². The minimum atomic E-state index is -0.873. The van der Waals surface area contributed by atoms with Gasteiger partial charge >= 0.3 is 17.9 Å². The molecule has 0 aliphatic rings. The maximum absolute atomic E-state index is 11.3. The smallest absolute Gasteiger partial charge is 0.333 e. The number of carbonyl (C=O) groups is 3. The zero-order valence-corrected chi connectivity index (χ0v) is 10.4. The van der Waals surface area contributed by atoms with Gasteiger partial charge in [0.25, 0.3) is 0 Å². The molecule has 0 amide bonds. The van der Waals surface area contributed by atoms with E-state index in [1.165, 1.54) is 13.8 Å². The summed E-state index contributed by atoms with van der Waals surface area (Å²) in [5, 5.41) is 0. The lowest BCUT2D eigenvalue weighted by Gasteiger charge is -2.17. The Labute approximate surface area is 105 Å². The second kappa shape index (κ2) is 8.05. The molecule has 0 bridgehead atoms. The molecule has 100 valence electrons. The van der Waals surface area contributed by atoms with Gasteiger partial charge in [-0.25, -0.2) is 9.59 Å². The van der Waals surface area contributed by atoms with E-state index in [4.69, 9.17) is 9.47 Å². The highest BCUT2D eigenvalue weighted by molar-refractivity contribution is 5.87. The lowest BCUT2D eigenvalue weighted by Crippen LogP contribution is -2.30. The molecule has 0 aliphatic heterocycles. The van der Waals surface area contributed by atoms with Crippen LogP contribution >= 0.6 is 0 Å². The summed E-state index contributed by atoms with van der Waals surface area (Å²) >= 11 is 0. The summed E-state index contributed by atoms with van der Waals surface area (Å²) in [5.74, 6) is -1.84. The van der Waals surface area contributed by atoms with Crippen LogP contribution in [0.25, 0.3) is 0 Å². The number of rotatable bonds is 7. The molecule has 0 aromatic carbocycles. The van der Waals surface area contributed by atoms with E-state index in [-0.39, 0.29) is 18.8 Å². The average Bonchev–Trinajstić information content (AvgIpc) is 2.31. The van der Waals surface area contributed by atoms with Gasteiger partial charge in [0, 0.05) is 18.6 Å². The van der Waals surface area contributed by atoms with Crippen LogP contribution < -0.4 is 0 Å². The van der Waals surface area contributed by atoms with Gasteiger partial charge in [0.1, 0.15) is 13.2 Å². The molecule has 1 unspecified atom stereocenters. The molecule has 0 N–H and O–H groups in total. The van der Waals surface area contributed by atoms with E-state index >= 15 is 0 Å². The largest absolute Gasteiger partial charge is 0.462 e. The third-order valence-electron chi connectivity index (χ3n) is 1.67. The molecular weight excluding hydrogens is 240 g/mol. The Balaban J connectivity index is 4.36.